The number of carbonyl (C=O) groups excluding carboxylic acids is 1. The van der Waals surface area contributed by atoms with Crippen LogP contribution in [0.25, 0.3) is 10.8 Å². The molecule has 0 saturated carbocycles. The minimum absolute atomic E-state index is 0.148. The summed E-state index contributed by atoms with van der Waals surface area (Å²) in [5.74, 6) is 0.185. The van der Waals surface area contributed by atoms with Crippen molar-refractivity contribution in [3.63, 3.8) is 0 Å². The Labute approximate surface area is 101 Å². The van der Waals surface area contributed by atoms with E-state index in [0.717, 1.165) is 11.3 Å². The van der Waals surface area contributed by atoms with E-state index in [2.05, 4.69) is 14.7 Å². The maximum absolute atomic E-state index is 11.3. The molecule has 0 aliphatic rings. The van der Waals surface area contributed by atoms with Gasteiger partial charge >= 0.3 is 5.97 Å². The summed E-state index contributed by atoms with van der Waals surface area (Å²) in [7, 11) is 3.15. The molecule has 0 N–H and O–H groups in total. The van der Waals surface area contributed by atoms with E-state index < -0.39 is 5.97 Å². The van der Waals surface area contributed by atoms with Crippen molar-refractivity contribution < 1.29 is 9.53 Å². The summed E-state index contributed by atoms with van der Waals surface area (Å²) in [6.07, 6.45) is 3.45. The molecular weight excluding hydrogens is 250 g/mol. The number of rotatable bonds is 2. The van der Waals surface area contributed by atoms with Crippen LogP contribution in [0.5, 0.6) is 0 Å². The fourth-order valence-corrected chi connectivity index (χ4v) is 2.43. The van der Waals surface area contributed by atoms with Gasteiger partial charge in [0.05, 0.1) is 7.11 Å². The van der Waals surface area contributed by atoms with Gasteiger partial charge in [0.25, 0.3) is 0 Å². The Morgan fingerprint density at radius 2 is 2.38 bits per heavy atom. The van der Waals surface area contributed by atoms with Crippen LogP contribution in [0.1, 0.15) is 9.67 Å². The van der Waals surface area contributed by atoms with Gasteiger partial charge in [0.2, 0.25) is 0 Å². The zero-order chi connectivity index (χ0) is 11.7. The first-order valence-electron chi connectivity index (χ1n) is 4.36. The van der Waals surface area contributed by atoms with Crippen molar-refractivity contribution in [2.45, 2.75) is 0 Å². The molecule has 0 fully saturated rings. The van der Waals surface area contributed by atoms with Gasteiger partial charge in [-0.25, -0.2) is 14.8 Å². The molecule has 16 heavy (non-hydrogen) atoms. The van der Waals surface area contributed by atoms with Crippen molar-refractivity contribution in [2.24, 2.45) is 7.05 Å². The SMILES string of the molecule is COC(=O)c1sc(-c2nccn2C)nc1Cl. The van der Waals surface area contributed by atoms with Crippen LogP contribution in [-0.4, -0.2) is 27.6 Å². The summed E-state index contributed by atoms with van der Waals surface area (Å²) in [5, 5.41) is 0.743. The fourth-order valence-electron chi connectivity index (χ4n) is 1.19. The highest BCUT2D eigenvalue weighted by atomic mass is 35.5. The molecule has 0 aliphatic carbocycles. The van der Waals surface area contributed by atoms with Gasteiger partial charge in [0, 0.05) is 19.4 Å². The molecule has 0 saturated heterocycles. The van der Waals surface area contributed by atoms with Crippen LogP contribution in [0.4, 0.5) is 0 Å². The van der Waals surface area contributed by atoms with E-state index in [0.29, 0.717) is 15.7 Å². The van der Waals surface area contributed by atoms with Gasteiger partial charge in [0.15, 0.2) is 20.9 Å². The molecule has 84 valence electrons. The number of halogens is 1. The fraction of sp³-hybridized carbons (Fsp3) is 0.222. The molecule has 0 amide bonds. The van der Waals surface area contributed by atoms with E-state index in [9.17, 15) is 4.79 Å². The lowest BCUT2D eigenvalue weighted by Gasteiger charge is -1.94. The second kappa shape index (κ2) is 4.23. The van der Waals surface area contributed by atoms with Crippen LogP contribution in [0.15, 0.2) is 12.4 Å². The Kier molecular flexibility index (Phi) is 2.93. The molecule has 0 aromatic carbocycles. The highest BCUT2D eigenvalue weighted by molar-refractivity contribution is 7.17. The Morgan fingerprint density at radius 1 is 1.62 bits per heavy atom. The lowest BCUT2D eigenvalue weighted by molar-refractivity contribution is 0.0606. The molecule has 7 heteroatoms. The van der Waals surface area contributed by atoms with Gasteiger partial charge in [-0.15, -0.1) is 11.3 Å². The summed E-state index contributed by atoms with van der Waals surface area (Å²) < 4.78 is 6.40. The first-order valence-corrected chi connectivity index (χ1v) is 5.55. The molecule has 0 unspecified atom stereocenters. The van der Waals surface area contributed by atoms with Gasteiger partial charge in [-0.2, -0.15) is 0 Å². The van der Waals surface area contributed by atoms with E-state index in [1.165, 1.54) is 7.11 Å². The minimum Gasteiger partial charge on any atom is -0.465 e. The maximum atomic E-state index is 11.3. The lowest BCUT2D eigenvalue weighted by Crippen LogP contribution is -1.98. The maximum Gasteiger partial charge on any atom is 0.351 e. The zero-order valence-corrected chi connectivity index (χ0v) is 10.2. The summed E-state index contributed by atoms with van der Waals surface area (Å²) >= 11 is 7.01. The Balaban J connectivity index is 2.46. The average molecular weight is 258 g/mol. The molecule has 5 nitrogen and oxygen atoms in total. The predicted octanol–water partition coefficient (Wildman–Crippen LogP) is 1.98. The number of thiazole rings is 1. The van der Waals surface area contributed by atoms with E-state index in [-0.39, 0.29) is 5.15 Å². The van der Waals surface area contributed by atoms with Gasteiger partial charge in [0.1, 0.15) is 0 Å². The van der Waals surface area contributed by atoms with Crippen molar-refractivity contribution in [1.29, 1.82) is 0 Å². The highest BCUT2D eigenvalue weighted by Crippen LogP contribution is 2.30. The molecule has 2 aromatic rings. The average Bonchev–Trinajstić information content (AvgIpc) is 2.83. The van der Waals surface area contributed by atoms with Crippen LogP contribution in [0.3, 0.4) is 0 Å². The van der Waals surface area contributed by atoms with Crippen LogP contribution >= 0.6 is 22.9 Å². The van der Waals surface area contributed by atoms with Crippen LogP contribution in [0.2, 0.25) is 5.15 Å². The number of imidazole rings is 1. The quantitative estimate of drug-likeness (QED) is 0.772. The van der Waals surface area contributed by atoms with Gasteiger partial charge < -0.3 is 9.30 Å². The third-order valence-electron chi connectivity index (χ3n) is 1.97. The van der Waals surface area contributed by atoms with Crippen molar-refractivity contribution in [3.05, 3.63) is 22.4 Å². The number of aryl methyl sites for hydroxylation is 1. The third kappa shape index (κ3) is 1.81. The molecule has 0 bridgehead atoms. The highest BCUT2D eigenvalue weighted by Gasteiger charge is 2.19. The second-order valence-corrected chi connectivity index (χ2v) is 4.35. The molecule has 0 radical (unpaired) electrons. The third-order valence-corrected chi connectivity index (χ3v) is 3.39. The number of methoxy groups -OCH3 is 1. The summed E-state index contributed by atoms with van der Waals surface area (Å²) in [5.41, 5.74) is 0. The number of ether oxygens (including phenoxy) is 1. The number of nitrogens with zero attached hydrogens (tertiary/aromatic N) is 3. The van der Waals surface area contributed by atoms with E-state index in [1.807, 2.05) is 7.05 Å². The van der Waals surface area contributed by atoms with Gasteiger partial charge in [-0.1, -0.05) is 11.6 Å². The van der Waals surface area contributed by atoms with E-state index in [1.54, 1.807) is 17.0 Å². The molecule has 0 atom stereocenters. The van der Waals surface area contributed by atoms with Crippen LogP contribution in [0, 0.1) is 0 Å². The van der Waals surface area contributed by atoms with Crippen molar-refractivity contribution in [2.75, 3.05) is 7.11 Å². The van der Waals surface area contributed by atoms with E-state index in [4.69, 9.17) is 11.6 Å². The summed E-state index contributed by atoms with van der Waals surface area (Å²) in [4.78, 5) is 19.8. The normalized spacial score (nSPS) is 10.4. The number of hydrogen-bond donors (Lipinski definition) is 0. The van der Waals surface area contributed by atoms with Crippen LogP contribution in [-0.2, 0) is 11.8 Å². The predicted molar refractivity (Wildman–Crippen MR) is 60.7 cm³/mol. The van der Waals surface area contributed by atoms with Crippen molar-refractivity contribution in [3.8, 4) is 10.8 Å². The monoisotopic (exact) mass is 257 g/mol. The summed E-state index contributed by atoms with van der Waals surface area (Å²) in [6.45, 7) is 0. The molecule has 2 rings (SSSR count). The summed E-state index contributed by atoms with van der Waals surface area (Å²) in [6, 6.07) is 0. The second-order valence-electron chi connectivity index (χ2n) is 2.99. The molecule has 2 aromatic heterocycles. The smallest absolute Gasteiger partial charge is 0.351 e. The number of carbonyl (C=O) groups is 1. The molecule has 2 heterocycles. The number of esters is 1. The van der Waals surface area contributed by atoms with Crippen molar-refractivity contribution in [1.82, 2.24) is 14.5 Å². The molecule has 0 spiro atoms. The van der Waals surface area contributed by atoms with Crippen LogP contribution < -0.4 is 0 Å². The first kappa shape index (κ1) is 11.1. The molecule has 0 aliphatic heterocycles. The van der Waals surface area contributed by atoms with Gasteiger partial charge in [-0.3, -0.25) is 0 Å². The van der Waals surface area contributed by atoms with Crippen molar-refractivity contribution >= 4 is 28.9 Å². The topological polar surface area (TPSA) is 57.0 Å². The number of hydrogen-bond acceptors (Lipinski definition) is 5. The Hall–Kier alpha value is -1.40. The largest absolute Gasteiger partial charge is 0.465 e. The number of aromatic nitrogens is 3. The Bertz CT molecular complexity index is 535. The minimum atomic E-state index is -0.483. The first-order chi connectivity index (χ1) is 7.63. The van der Waals surface area contributed by atoms with Gasteiger partial charge in [-0.05, 0) is 0 Å². The zero-order valence-electron chi connectivity index (χ0n) is 8.60. The van der Waals surface area contributed by atoms with E-state index >= 15 is 0 Å². The lowest BCUT2D eigenvalue weighted by atomic mass is 10.5. The standard InChI is InChI=1S/C9H8ClN3O2S/c1-13-4-3-11-7(13)8-12-6(10)5(16-8)9(14)15-2/h3-4H,1-2H3. The Morgan fingerprint density at radius 3 is 2.94 bits per heavy atom. The molecular formula is C9H8ClN3O2S.